The molecule has 1 aliphatic rings. The molecule has 0 N–H and O–H groups in total. The van der Waals surface area contributed by atoms with Crippen molar-refractivity contribution in [2.45, 2.75) is 13.5 Å². The molecular weight excluding hydrogens is 292 g/mol. The number of fused-ring (bicyclic) bond motifs is 1. The van der Waals surface area contributed by atoms with E-state index in [1.807, 2.05) is 40.8 Å². The van der Waals surface area contributed by atoms with Crippen LogP contribution in [-0.2, 0) is 6.54 Å². The van der Waals surface area contributed by atoms with Crippen LogP contribution in [0.2, 0.25) is 0 Å². The van der Waals surface area contributed by atoms with E-state index < -0.39 is 0 Å². The summed E-state index contributed by atoms with van der Waals surface area (Å²) in [6, 6.07) is 1.96. The molecule has 0 saturated carbocycles. The molecule has 1 saturated heterocycles. The molecule has 8 heteroatoms. The Morgan fingerprint density at radius 2 is 1.96 bits per heavy atom. The quantitative estimate of drug-likeness (QED) is 0.697. The smallest absolute Gasteiger partial charge is 0.176 e. The fourth-order valence-corrected chi connectivity index (χ4v) is 3.00. The fraction of sp³-hybridized carbons (Fsp3) is 0.467. The highest BCUT2D eigenvalue weighted by Crippen LogP contribution is 2.16. The first-order valence-electron chi connectivity index (χ1n) is 7.92. The minimum absolute atomic E-state index is 0.775. The van der Waals surface area contributed by atoms with Gasteiger partial charge in [0.05, 0.1) is 18.9 Å². The maximum Gasteiger partial charge on any atom is 0.176 e. The van der Waals surface area contributed by atoms with E-state index in [-0.39, 0.29) is 0 Å². The molecule has 23 heavy (non-hydrogen) atoms. The molecular formula is C15H20N8. The first-order valence-corrected chi connectivity index (χ1v) is 7.92. The van der Waals surface area contributed by atoms with Gasteiger partial charge in [0.25, 0.3) is 0 Å². The molecule has 3 aromatic rings. The fourth-order valence-electron chi connectivity index (χ4n) is 3.00. The van der Waals surface area contributed by atoms with Crippen LogP contribution >= 0.6 is 0 Å². The van der Waals surface area contributed by atoms with Crippen LogP contribution in [0.15, 0.2) is 30.9 Å². The summed E-state index contributed by atoms with van der Waals surface area (Å²) in [7, 11) is 0. The van der Waals surface area contributed by atoms with Crippen molar-refractivity contribution in [1.82, 2.24) is 34.3 Å². The van der Waals surface area contributed by atoms with Crippen LogP contribution in [-0.4, -0.2) is 67.0 Å². The molecule has 0 aromatic carbocycles. The van der Waals surface area contributed by atoms with E-state index in [0.29, 0.717) is 0 Å². The first-order chi connectivity index (χ1) is 11.3. The van der Waals surface area contributed by atoms with Crippen molar-refractivity contribution in [3.05, 3.63) is 36.7 Å². The van der Waals surface area contributed by atoms with Crippen LogP contribution in [0.25, 0.3) is 5.65 Å². The first kappa shape index (κ1) is 14.1. The van der Waals surface area contributed by atoms with E-state index in [2.05, 4.69) is 30.0 Å². The Bertz CT molecular complexity index is 770. The van der Waals surface area contributed by atoms with Crippen molar-refractivity contribution in [2.75, 3.05) is 37.6 Å². The van der Waals surface area contributed by atoms with Gasteiger partial charge in [-0.15, -0.1) is 5.10 Å². The summed E-state index contributed by atoms with van der Waals surface area (Å²) in [5.74, 6) is 1.80. The van der Waals surface area contributed by atoms with Crippen molar-refractivity contribution in [3.63, 3.8) is 0 Å². The average molecular weight is 312 g/mol. The lowest BCUT2D eigenvalue weighted by molar-refractivity contribution is 0.243. The van der Waals surface area contributed by atoms with Gasteiger partial charge in [0.15, 0.2) is 11.5 Å². The molecule has 0 aliphatic carbocycles. The third kappa shape index (κ3) is 2.89. The molecule has 4 rings (SSSR count). The van der Waals surface area contributed by atoms with E-state index >= 15 is 0 Å². The normalized spacial score (nSPS) is 16.3. The number of hydrogen-bond donors (Lipinski definition) is 0. The van der Waals surface area contributed by atoms with Crippen LogP contribution in [0.3, 0.4) is 0 Å². The Labute approximate surface area is 134 Å². The standard InChI is InChI=1S/C15H20N8/c1-13-18-14-11-16-12-15(23(14)19-13)21-8-5-20(6-9-21)7-10-22-4-2-3-17-22/h2-4,11-12H,5-10H2,1H3. The molecule has 0 bridgehead atoms. The SMILES string of the molecule is Cc1nc2cncc(N3CCN(CCn4cccn4)CC3)n2n1. The highest BCUT2D eigenvalue weighted by Gasteiger charge is 2.19. The van der Waals surface area contributed by atoms with Crippen molar-refractivity contribution >= 4 is 11.5 Å². The summed E-state index contributed by atoms with van der Waals surface area (Å²) in [6.07, 6.45) is 7.46. The van der Waals surface area contributed by atoms with Crippen molar-refractivity contribution in [3.8, 4) is 0 Å². The van der Waals surface area contributed by atoms with Gasteiger partial charge in [0.2, 0.25) is 0 Å². The molecule has 3 aromatic heterocycles. The molecule has 0 spiro atoms. The maximum atomic E-state index is 4.48. The molecule has 0 unspecified atom stereocenters. The lowest BCUT2D eigenvalue weighted by atomic mass is 10.3. The largest absolute Gasteiger partial charge is 0.353 e. The molecule has 0 amide bonds. The van der Waals surface area contributed by atoms with Crippen molar-refractivity contribution in [2.24, 2.45) is 0 Å². The lowest BCUT2D eigenvalue weighted by Gasteiger charge is -2.35. The van der Waals surface area contributed by atoms with Gasteiger partial charge in [-0.2, -0.15) is 9.61 Å². The number of aromatic nitrogens is 6. The zero-order valence-electron chi connectivity index (χ0n) is 13.2. The third-order valence-electron chi connectivity index (χ3n) is 4.24. The highest BCUT2D eigenvalue weighted by molar-refractivity contribution is 5.47. The summed E-state index contributed by atoms with van der Waals surface area (Å²) < 4.78 is 3.87. The second-order valence-corrected chi connectivity index (χ2v) is 5.79. The van der Waals surface area contributed by atoms with E-state index in [1.165, 1.54) is 0 Å². The van der Waals surface area contributed by atoms with Crippen LogP contribution < -0.4 is 4.90 Å². The van der Waals surface area contributed by atoms with Crippen LogP contribution in [0, 0.1) is 6.92 Å². The summed E-state index contributed by atoms with van der Waals surface area (Å²) in [4.78, 5) is 13.5. The summed E-state index contributed by atoms with van der Waals surface area (Å²) in [5.41, 5.74) is 0.807. The summed E-state index contributed by atoms with van der Waals surface area (Å²) >= 11 is 0. The highest BCUT2D eigenvalue weighted by atomic mass is 15.4. The predicted molar refractivity (Wildman–Crippen MR) is 86.4 cm³/mol. The Hall–Kier alpha value is -2.48. The molecule has 4 heterocycles. The summed E-state index contributed by atoms with van der Waals surface area (Å²) in [6.45, 7) is 7.88. The van der Waals surface area contributed by atoms with E-state index in [0.717, 1.165) is 56.6 Å². The van der Waals surface area contributed by atoms with Crippen LogP contribution in [0.4, 0.5) is 5.82 Å². The molecule has 0 atom stereocenters. The number of anilines is 1. The number of aryl methyl sites for hydroxylation is 1. The van der Waals surface area contributed by atoms with E-state index in [4.69, 9.17) is 0 Å². The number of hydrogen-bond acceptors (Lipinski definition) is 6. The minimum Gasteiger partial charge on any atom is -0.353 e. The predicted octanol–water partition coefficient (Wildman–Crippen LogP) is 0.451. The Kier molecular flexibility index (Phi) is 3.66. The second kappa shape index (κ2) is 5.96. The van der Waals surface area contributed by atoms with Gasteiger partial charge in [-0.05, 0) is 13.0 Å². The average Bonchev–Trinajstić information content (AvgIpc) is 3.21. The summed E-state index contributed by atoms with van der Waals surface area (Å²) in [5, 5.41) is 8.73. The monoisotopic (exact) mass is 312 g/mol. The van der Waals surface area contributed by atoms with Crippen molar-refractivity contribution < 1.29 is 0 Å². The van der Waals surface area contributed by atoms with Gasteiger partial charge in [-0.1, -0.05) is 0 Å². The zero-order valence-corrected chi connectivity index (χ0v) is 13.2. The molecule has 0 radical (unpaired) electrons. The van der Waals surface area contributed by atoms with E-state index in [1.54, 1.807) is 6.20 Å². The number of piperazine rings is 1. The van der Waals surface area contributed by atoms with Gasteiger partial charge in [0, 0.05) is 45.1 Å². The lowest BCUT2D eigenvalue weighted by Crippen LogP contribution is -2.47. The number of nitrogens with zero attached hydrogens (tertiary/aromatic N) is 8. The molecule has 1 aliphatic heterocycles. The van der Waals surface area contributed by atoms with E-state index in [9.17, 15) is 0 Å². The Morgan fingerprint density at radius 1 is 1.09 bits per heavy atom. The topological polar surface area (TPSA) is 67.4 Å². The second-order valence-electron chi connectivity index (χ2n) is 5.79. The van der Waals surface area contributed by atoms with Gasteiger partial charge >= 0.3 is 0 Å². The zero-order chi connectivity index (χ0) is 15.6. The van der Waals surface area contributed by atoms with Crippen molar-refractivity contribution in [1.29, 1.82) is 0 Å². The maximum absolute atomic E-state index is 4.48. The molecule has 1 fully saturated rings. The van der Waals surface area contributed by atoms with Crippen LogP contribution in [0.5, 0.6) is 0 Å². The van der Waals surface area contributed by atoms with Gasteiger partial charge in [-0.25, -0.2) is 4.98 Å². The third-order valence-corrected chi connectivity index (χ3v) is 4.24. The molecule has 120 valence electrons. The van der Waals surface area contributed by atoms with Gasteiger partial charge in [-0.3, -0.25) is 14.6 Å². The van der Waals surface area contributed by atoms with Gasteiger partial charge < -0.3 is 4.90 Å². The Morgan fingerprint density at radius 3 is 2.74 bits per heavy atom. The molecule has 8 nitrogen and oxygen atoms in total. The number of rotatable bonds is 4. The minimum atomic E-state index is 0.775. The van der Waals surface area contributed by atoms with Crippen LogP contribution in [0.1, 0.15) is 5.82 Å². The Balaban J connectivity index is 1.40. The van der Waals surface area contributed by atoms with Gasteiger partial charge in [0.1, 0.15) is 5.82 Å².